The number of halogens is 4. The number of benzene rings is 3. The predicted molar refractivity (Wildman–Crippen MR) is 109 cm³/mol. The van der Waals surface area contributed by atoms with E-state index in [1.807, 2.05) is 24.3 Å². The topological polar surface area (TPSA) is 29.8 Å². The minimum absolute atomic E-state index is 0.395. The van der Waals surface area contributed by atoms with Crippen LogP contribution in [0.3, 0.4) is 0 Å². The zero-order valence-electron chi connectivity index (χ0n) is 15.5. The van der Waals surface area contributed by atoms with Crippen LogP contribution in [0.25, 0.3) is 22.0 Å². The molecule has 4 aromatic rings. The lowest BCUT2D eigenvalue weighted by Crippen LogP contribution is -2.58. The number of para-hydroxylation sites is 1. The summed E-state index contributed by atoms with van der Waals surface area (Å²) in [4.78, 5) is 6.27. The Bertz CT molecular complexity index is 1330. The normalized spacial score (nSPS) is 14.9. The Hall–Kier alpha value is -3.67. The first-order chi connectivity index (χ1) is 14.4. The summed E-state index contributed by atoms with van der Waals surface area (Å²) in [6, 6.07) is 17.3. The monoisotopic (exact) mass is 407 g/mol. The number of hydrogen-bond donors (Lipinski definition) is 2. The van der Waals surface area contributed by atoms with Crippen molar-refractivity contribution in [3.63, 3.8) is 0 Å². The number of fused-ring (bicyclic) bond motifs is 2. The predicted octanol–water partition coefficient (Wildman–Crippen LogP) is 5.08. The molecular weight excluding hydrogens is 392 g/mol. The van der Waals surface area contributed by atoms with Gasteiger partial charge in [-0.2, -0.15) is 13.2 Å². The van der Waals surface area contributed by atoms with E-state index in [0.717, 1.165) is 29.0 Å². The fourth-order valence-electron chi connectivity index (χ4n) is 3.90. The van der Waals surface area contributed by atoms with Gasteiger partial charge in [0.1, 0.15) is 5.82 Å². The average molecular weight is 407 g/mol. The summed E-state index contributed by atoms with van der Waals surface area (Å²) in [6.07, 6.45) is -0.924. The van der Waals surface area contributed by atoms with Crippen molar-refractivity contribution in [2.75, 3.05) is 0 Å². The van der Waals surface area contributed by atoms with Crippen LogP contribution >= 0.6 is 0 Å². The van der Waals surface area contributed by atoms with E-state index in [9.17, 15) is 17.6 Å². The number of H-pyrrole nitrogens is 1. The molecule has 0 atom stereocenters. The number of allylic oxidation sites excluding steroid dienone is 1. The van der Waals surface area contributed by atoms with E-state index in [2.05, 4.69) is 9.98 Å². The molecule has 0 aliphatic carbocycles. The Labute approximate surface area is 169 Å². The summed E-state index contributed by atoms with van der Waals surface area (Å²) >= 11 is 0. The molecule has 2 N–H and O–H groups in total. The molecule has 0 amide bonds. The highest BCUT2D eigenvalue weighted by atomic mass is 19.4. The van der Waals surface area contributed by atoms with Gasteiger partial charge in [0.2, 0.25) is 5.69 Å². The summed E-state index contributed by atoms with van der Waals surface area (Å²) in [5, 5.41) is 0.401. The van der Waals surface area contributed by atoms with Crippen LogP contribution in [0.4, 0.5) is 23.2 Å². The first kappa shape index (κ1) is 18.4. The molecule has 0 radical (unpaired) electrons. The molecule has 0 saturated carbocycles. The molecule has 0 spiro atoms. The summed E-state index contributed by atoms with van der Waals surface area (Å²) in [5.74, 6) is -0.395. The lowest BCUT2D eigenvalue weighted by Gasteiger charge is -2.12. The highest BCUT2D eigenvalue weighted by Gasteiger charge is 2.31. The molecule has 0 unspecified atom stereocenters. The van der Waals surface area contributed by atoms with Crippen LogP contribution in [0.5, 0.6) is 0 Å². The van der Waals surface area contributed by atoms with Gasteiger partial charge in [0.25, 0.3) is 0 Å². The van der Waals surface area contributed by atoms with Crippen molar-refractivity contribution in [2.45, 2.75) is 6.18 Å². The van der Waals surface area contributed by atoms with E-state index in [4.69, 9.17) is 0 Å². The second-order valence-electron chi connectivity index (χ2n) is 7.06. The van der Waals surface area contributed by atoms with Crippen molar-refractivity contribution >= 4 is 34.0 Å². The molecular formula is C24H15F4N2+. The fourth-order valence-corrected chi connectivity index (χ4v) is 3.90. The molecule has 0 bridgehead atoms. The summed E-state index contributed by atoms with van der Waals surface area (Å²) in [5.41, 5.74) is 4.27. The van der Waals surface area contributed by atoms with Crippen molar-refractivity contribution in [1.29, 1.82) is 0 Å². The van der Waals surface area contributed by atoms with Crippen molar-refractivity contribution < 1.29 is 22.6 Å². The second kappa shape index (κ2) is 6.69. The Morgan fingerprint density at radius 1 is 0.867 bits per heavy atom. The van der Waals surface area contributed by atoms with Crippen molar-refractivity contribution in [1.82, 2.24) is 4.98 Å². The number of aromatic nitrogens is 1. The lowest BCUT2D eigenvalue weighted by molar-refractivity contribution is -0.342. The lowest BCUT2D eigenvalue weighted by atomic mass is 9.89. The van der Waals surface area contributed by atoms with E-state index in [-0.39, 0.29) is 0 Å². The Kier molecular flexibility index (Phi) is 4.10. The molecule has 2 heterocycles. The van der Waals surface area contributed by atoms with Crippen molar-refractivity contribution in [2.24, 2.45) is 0 Å². The maximum Gasteiger partial charge on any atom is 0.416 e. The van der Waals surface area contributed by atoms with Gasteiger partial charge in [-0.15, -0.1) is 0 Å². The molecule has 2 nitrogen and oxygen atoms in total. The first-order valence-corrected chi connectivity index (χ1v) is 9.30. The maximum absolute atomic E-state index is 14.7. The zero-order chi connectivity index (χ0) is 20.9. The van der Waals surface area contributed by atoms with Gasteiger partial charge in [0, 0.05) is 34.3 Å². The first-order valence-electron chi connectivity index (χ1n) is 9.30. The third kappa shape index (κ3) is 2.92. The molecule has 3 aromatic carbocycles. The molecule has 30 heavy (non-hydrogen) atoms. The molecule has 1 aliphatic rings. The molecule has 5 rings (SSSR count). The van der Waals surface area contributed by atoms with Crippen LogP contribution < -0.4 is 4.99 Å². The van der Waals surface area contributed by atoms with Gasteiger partial charge >= 0.3 is 6.18 Å². The average Bonchev–Trinajstić information content (AvgIpc) is 3.34. The van der Waals surface area contributed by atoms with E-state index in [1.54, 1.807) is 24.5 Å². The summed E-state index contributed by atoms with van der Waals surface area (Å²) in [6.45, 7) is 0. The zero-order valence-corrected chi connectivity index (χ0v) is 15.5. The molecule has 0 fully saturated rings. The molecule has 0 saturated heterocycles. The number of hydrogen-bond acceptors (Lipinski definition) is 0. The number of aromatic amines is 1. The SMILES string of the molecule is Fc1cccc2[nH]cc(C(=C3C=[NH+]c4ccccc43)c3ccc(C(F)(F)F)cc3)c12. The second-order valence-corrected chi connectivity index (χ2v) is 7.06. The minimum Gasteiger partial charge on any atom is -0.360 e. The number of rotatable bonds is 2. The van der Waals surface area contributed by atoms with E-state index >= 15 is 0 Å². The van der Waals surface area contributed by atoms with Crippen molar-refractivity contribution in [3.05, 3.63) is 101 Å². The standard InChI is InChI=1S/C24H14F4N2/c25-19-5-3-7-21-23(19)18(13-30-21)22(14-8-10-15(11-9-14)24(26,27)28)17-12-29-20-6-2-1-4-16(17)20/h1-13,30H/p+1. The molecule has 1 aliphatic heterocycles. The fraction of sp³-hybridized carbons (Fsp3) is 0.0417. The van der Waals surface area contributed by atoms with E-state index in [0.29, 0.717) is 27.6 Å². The van der Waals surface area contributed by atoms with Gasteiger partial charge in [-0.05, 0) is 35.9 Å². The number of nitrogens with one attached hydrogen (secondary N) is 2. The van der Waals surface area contributed by atoms with Crippen molar-refractivity contribution in [3.8, 4) is 0 Å². The van der Waals surface area contributed by atoms with E-state index < -0.39 is 17.6 Å². The van der Waals surface area contributed by atoms with Gasteiger partial charge in [-0.25, -0.2) is 9.38 Å². The minimum atomic E-state index is -4.42. The van der Waals surface area contributed by atoms with Gasteiger partial charge in [-0.1, -0.05) is 30.3 Å². The highest BCUT2D eigenvalue weighted by Crippen LogP contribution is 2.39. The van der Waals surface area contributed by atoms with Crippen LogP contribution in [0.1, 0.15) is 22.3 Å². The maximum atomic E-state index is 14.7. The Balaban J connectivity index is 1.80. The summed E-state index contributed by atoms with van der Waals surface area (Å²) in [7, 11) is 0. The van der Waals surface area contributed by atoms with E-state index in [1.165, 1.54) is 18.2 Å². The van der Waals surface area contributed by atoms with Crippen LogP contribution in [0, 0.1) is 5.82 Å². The smallest absolute Gasteiger partial charge is 0.360 e. The Morgan fingerprint density at radius 3 is 2.40 bits per heavy atom. The van der Waals surface area contributed by atoms with Gasteiger partial charge in [0.05, 0.1) is 16.7 Å². The van der Waals surface area contributed by atoms with Gasteiger partial charge < -0.3 is 4.98 Å². The van der Waals surface area contributed by atoms with Crippen LogP contribution in [0.2, 0.25) is 0 Å². The summed E-state index contributed by atoms with van der Waals surface area (Å²) < 4.78 is 54.0. The van der Waals surface area contributed by atoms with Crippen LogP contribution in [-0.4, -0.2) is 11.2 Å². The van der Waals surface area contributed by atoms with Crippen LogP contribution in [-0.2, 0) is 6.18 Å². The molecule has 6 heteroatoms. The third-order valence-electron chi connectivity index (χ3n) is 5.28. The largest absolute Gasteiger partial charge is 0.416 e. The highest BCUT2D eigenvalue weighted by molar-refractivity contribution is 6.24. The van der Waals surface area contributed by atoms with Gasteiger partial charge in [0.15, 0.2) is 6.21 Å². The Morgan fingerprint density at radius 2 is 1.63 bits per heavy atom. The number of alkyl halides is 3. The van der Waals surface area contributed by atoms with Gasteiger partial charge in [-0.3, -0.25) is 0 Å². The molecule has 148 valence electrons. The third-order valence-corrected chi connectivity index (χ3v) is 5.28. The quantitative estimate of drug-likeness (QED) is 0.434. The molecule has 1 aromatic heterocycles. The van der Waals surface area contributed by atoms with Crippen LogP contribution in [0.15, 0.2) is 72.9 Å².